The number of anilines is 4. The van der Waals surface area contributed by atoms with Crippen molar-refractivity contribution in [2.45, 2.75) is 71.6 Å². The van der Waals surface area contributed by atoms with Gasteiger partial charge in [-0.05, 0) is 105 Å². The van der Waals surface area contributed by atoms with Gasteiger partial charge in [0.15, 0.2) is 0 Å². The van der Waals surface area contributed by atoms with Gasteiger partial charge in [-0.15, -0.1) is 0 Å². The van der Waals surface area contributed by atoms with Crippen molar-refractivity contribution in [3.8, 4) is 28.4 Å². The summed E-state index contributed by atoms with van der Waals surface area (Å²) in [5.41, 5.74) is 14.6. The van der Waals surface area contributed by atoms with E-state index in [0.717, 1.165) is 34.0 Å². The minimum Gasteiger partial charge on any atom is -0.457 e. The molecule has 58 heavy (non-hydrogen) atoms. The Morgan fingerprint density at radius 1 is 0.552 bits per heavy atom. The van der Waals surface area contributed by atoms with Gasteiger partial charge in [0.2, 0.25) is 0 Å². The average Bonchev–Trinajstić information content (AvgIpc) is 3.83. The molecule has 6 aromatic carbocycles. The van der Waals surface area contributed by atoms with Gasteiger partial charge in [-0.25, -0.2) is 4.98 Å². The first-order valence-electron chi connectivity index (χ1n) is 20.5. The zero-order valence-electron chi connectivity index (χ0n) is 34.8. The summed E-state index contributed by atoms with van der Waals surface area (Å²) in [5.74, 6) is 2.50. The normalized spacial score (nSPS) is 14.6. The van der Waals surface area contributed by atoms with Crippen molar-refractivity contribution < 1.29 is 4.74 Å². The zero-order valence-corrected chi connectivity index (χ0v) is 34.8. The third-order valence-corrected chi connectivity index (χ3v) is 12.4. The third kappa shape index (κ3) is 5.70. The van der Waals surface area contributed by atoms with Crippen LogP contribution in [0.15, 0.2) is 146 Å². The molecular formula is C53H50N4O. The van der Waals surface area contributed by atoms with E-state index < -0.39 is 0 Å². The predicted molar refractivity (Wildman–Crippen MR) is 242 cm³/mol. The van der Waals surface area contributed by atoms with Crippen molar-refractivity contribution in [3.63, 3.8) is 0 Å². The molecule has 0 amide bonds. The number of aromatic nitrogens is 2. The van der Waals surface area contributed by atoms with Gasteiger partial charge in [0.25, 0.3) is 0 Å². The maximum absolute atomic E-state index is 6.94. The van der Waals surface area contributed by atoms with E-state index in [4.69, 9.17) is 9.72 Å². The lowest BCUT2D eigenvalue weighted by atomic mass is 9.81. The molecule has 0 saturated heterocycles. The Labute approximate surface area is 342 Å². The van der Waals surface area contributed by atoms with Gasteiger partial charge < -0.3 is 14.5 Å². The molecule has 0 unspecified atom stereocenters. The van der Waals surface area contributed by atoms with Crippen molar-refractivity contribution in [2.24, 2.45) is 0 Å². The Kier molecular flexibility index (Phi) is 7.98. The summed E-state index contributed by atoms with van der Waals surface area (Å²) in [6, 6.07) is 50.7. The number of fused-ring (bicyclic) bond motifs is 7. The Morgan fingerprint density at radius 2 is 1.22 bits per heavy atom. The SMILES string of the molecule is CC(C)(C)c1cc(Oc2ccc3c4ccccc4n(-c4cc(C(C)(C)C)ccn4)c3c2)cc(N2CN(c3cccc4c3C(C)(C)c3ccccc3-4)c3ccccc32)c1. The van der Waals surface area contributed by atoms with Crippen LogP contribution in [-0.2, 0) is 16.2 Å². The molecule has 0 radical (unpaired) electrons. The molecule has 10 rings (SSSR count). The Bertz CT molecular complexity index is 2920. The molecule has 2 aliphatic rings. The van der Waals surface area contributed by atoms with Crippen LogP contribution in [0.5, 0.6) is 11.5 Å². The summed E-state index contributed by atoms with van der Waals surface area (Å²) in [6.07, 6.45) is 1.93. The summed E-state index contributed by atoms with van der Waals surface area (Å²) in [6.45, 7) is 19.0. The van der Waals surface area contributed by atoms with E-state index in [1.807, 2.05) is 6.20 Å². The number of benzene rings is 6. The third-order valence-electron chi connectivity index (χ3n) is 12.4. The molecule has 2 aromatic heterocycles. The van der Waals surface area contributed by atoms with E-state index in [-0.39, 0.29) is 16.2 Å². The lowest BCUT2D eigenvalue weighted by molar-refractivity contribution is 0.479. The summed E-state index contributed by atoms with van der Waals surface area (Å²) < 4.78 is 9.21. The summed E-state index contributed by atoms with van der Waals surface area (Å²) in [7, 11) is 0. The molecule has 0 atom stereocenters. The van der Waals surface area contributed by atoms with Crippen LogP contribution in [0.25, 0.3) is 38.8 Å². The van der Waals surface area contributed by atoms with Crippen LogP contribution in [-0.4, -0.2) is 16.2 Å². The van der Waals surface area contributed by atoms with E-state index in [2.05, 4.69) is 209 Å². The van der Waals surface area contributed by atoms with Gasteiger partial charge in [-0.2, -0.15) is 0 Å². The van der Waals surface area contributed by atoms with Crippen LogP contribution >= 0.6 is 0 Å². The monoisotopic (exact) mass is 758 g/mol. The fraction of sp³-hybridized carbons (Fsp3) is 0.226. The molecule has 5 nitrogen and oxygen atoms in total. The highest BCUT2D eigenvalue weighted by molar-refractivity contribution is 6.09. The van der Waals surface area contributed by atoms with Gasteiger partial charge in [-0.3, -0.25) is 4.57 Å². The second-order valence-corrected chi connectivity index (χ2v) is 18.6. The number of rotatable bonds is 5. The average molecular weight is 759 g/mol. The molecule has 0 saturated carbocycles. The predicted octanol–water partition coefficient (Wildman–Crippen LogP) is 14.1. The van der Waals surface area contributed by atoms with Crippen molar-refractivity contribution in [1.82, 2.24) is 9.55 Å². The molecule has 1 aliphatic heterocycles. The Balaban J connectivity index is 1.07. The maximum Gasteiger partial charge on any atom is 0.137 e. The summed E-state index contributed by atoms with van der Waals surface area (Å²) in [4.78, 5) is 9.85. The highest BCUT2D eigenvalue weighted by atomic mass is 16.5. The zero-order chi connectivity index (χ0) is 40.1. The van der Waals surface area contributed by atoms with Crippen molar-refractivity contribution in [2.75, 3.05) is 16.5 Å². The van der Waals surface area contributed by atoms with Crippen molar-refractivity contribution >= 4 is 44.6 Å². The van der Waals surface area contributed by atoms with E-state index in [1.165, 1.54) is 61.2 Å². The minimum atomic E-state index is -0.129. The first-order valence-corrected chi connectivity index (χ1v) is 20.5. The Hall–Kier alpha value is -6.33. The number of ether oxygens (including phenoxy) is 1. The fourth-order valence-corrected chi connectivity index (χ4v) is 9.32. The van der Waals surface area contributed by atoms with Gasteiger partial charge in [0.05, 0.1) is 22.4 Å². The highest BCUT2D eigenvalue weighted by Gasteiger charge is 2.40. The quantitative estimate of drug-likeness (QED) is 0.175. The maximum atomic E-state index is 6.94. The molecule has 288 valence electrons. The fourth-order valence-electron chi connectivity index (χ4n) is 9.32. The van der Waals surface area contributed by atoms with E-state index in [9.17, 15) is 0 Å². The highest BCUT2D eigenvalue weighted by Crippen LogP contribution is 2.55. The van der Waals surface area contributed by atoms with Gasteiger partial charge >= 0.3 is 0 Å². The van der Waals surface area contributed by atoms with Crippen molar-refractivity contribution in [1.29, 1.82) is 0 Å². The van der Waals surface area contributed by atoms with Crippen LogP contribution in [0.3, 0.4) is 0 Å². The molecule has 0 fully saturated rings. The lowest BCUT2D eigenvalue weighted by Gasteiger charge is -2.30. The molecule has 1 aliphatic carbocycles. The molecule has 5 heteroatoms. The molecule has 3 heterocycles. The lowest BCUT2D eigenvalue weighted by Crippen LogP contribution is -2.27. The van der Waals surface area contributed by atoms with E-state index >= 15 is 0 Å². The van der Waals surface area contributed by atoms with Crippen LogP contribution in [0.4, 0.5) is 22.7 Å². The Morgan fingerprint density at radius 3 is 2.02 bits per heavy atom. The second-order valence-electron chi connectivity index (χ2n) is 18.6. The van der Waals surface area contributed by atoms with Gasteiger partial charge in [0, 0.05) is 45.9 Å². The summed E-state index contributed by atoms with van der Waals surface area (Å²) >= 11 is 0. The second kappa shape index (κ2) is 12.8. The number of para-hydroxylation sites is 3. The topological polar surface area (TPSA) is 33.5 Å². The van der Waals surface area contributed by atoms with Gasteiger partial charge in [0.1, 0.15) is 24.0 Å². The molecular weight excluding hydrogens is 709 g/mol. The largest absolute Gasteiger partial charge is 0.457 e. The molecule has 0 bridgehead atoms. The van der Waals surface area contributed by atoms with E-state index in [0.29, 0.717) is 6.67 Å². The molecule has 8 aromatic rings. The number of hydrogen-bond donors (Lipinski definition) is 0. The van der Waals surface area contributed by atoms with Crippen molar-refractivity contribution in [3.05, 3.63) is 168 Å². The first-order chi connectivity index (χ1) is 27.8. The molecule has 0 N–H and O–H groups in total. The number of nitrogens with zero attached hydrogens (tertiary/aromatic N) is 4. The smallest absolute Gasteiger partial charge is 0.137 e. The number of hydrogen-bond acceptors (Lipinski definition) is 4. The number of pyridine rings is 1. The van der Waals surface area contributed by atoms with Crippen LogP contribution < -0.4 is 14.5 Å². The molecule has 0 spiro atoms. The standard InChI is InChI=1S/C53H50N4O/c1-51(2,3)34-26-27-54-49(30-34)57-44-20-12-10-17-40(44)41-25-24-37(32-48(41)57)58-38-29-35(52(4,5)6)28-36(31-38)55-33-56(46-22-14-13-21-45(46)55)47-23-15-18-42-39-16-9-11-19-43(39)53(7,8)50(42)47/h9-32H,33H2,1-8H3. The first kappa shape index (κ1) is 36.0. The minimum absolute atomic E-state index is 0.00302. The van der Waals surface area contributed by atoms with E-state index in [1.54, 1.807) is 0 Å². The summed E-state index contributed by atoms with van der Waals surface area (Å²) in [5, 5.41) is 2.36. The van der Waals surface area contributed by atoms with Gasteiger partial charge in [-0.1, -0.05) is 122 Å². The van der Waals surface area contributed by atoms with Crippen LogP contribution in [0.1, 0.15) is 77.6 Å². The van der Waals surface area contributed by atoms with Crippen LogP contribution in [0.2, 0.25) is 0 Å². The van der Waals surface area contributed by atoms with Crippen LogP contribution in [0, 0.1) is 0 Å².